The average molecular weight is 335 g/mol. The van der Waals surface area contributed by atoms with Gasteiger partial charge in [-0.1, -0.05) is 19.9 Å². The number of benzene rings is 1. The van der Waals surface area contributed by atoms with Gasteiger partial charge in [0.2, 0.25) is 0 Å². The second kappa shape index (κ2) is 6.89. The van der Waals surface area contributed by atoms with E-state index in [0.29, 0.717) is 5.56 Å². The maximum Gasteiger partial charge on any atom is 0.337 e. The van der Waals surface area contributed by atoms with E-state index in [1.807, 2.05) is 48.1 Å². The molecule has 5 nitrogen and oxygen atoms in total. The summed E-state index contributed by atoms with van der Waals surface area (Å²) in [6, 6.07) is 9.59. The molecule has 0 N–H and O–H groups in total. The fraction of sp³-hybridized carbons (Fsp3) is 0.250. The Bertz CT molecular complexity index is 896. The maximum absolute atomic E-state index is 12.1. The van der Waals surface area contributed by atoms with E-state index in [1.165, 1.54) is 7.11 Å². The van der Waals surface area contributed by atoms with Crippen LogP contribution in [0.4, 0.5) is 0 Å². The van der Waals surface area contributed by atoms with Crippen molar-refractivity contribution in [3.63, 3.8) is 0 Å². The summed E-state index contributed by atoms with van der Waals surface area (Å²) in [5.41, 5.74) is 4.11. The van der Waals surface area contributed by atoms with E-state index < -0.39 is 0 Å². The highest BCUT2D eigenvalue weighted by molar-refractivity contribution is 5.91. The number of hydrogen-bond acceptors (Lipinski definition) is 4. The van der Waals surface area contributed by atoms with Crippen molar-refractivity contribution in [1.82, 2.24) is 14.5 Å². The molecule has 0 aliphatic rings. The number of pyridine rings is 1. The normalized spacial score (nSPS) is 10.9. The fourth-order valence-corrected chi connectivity index (χ4v) is 2.73. The van der Waals surface area contributed by atoms with Gasteiger partial charge in [0.05, 0.1) is 18.4 Å². The predicted molar refractivity (Wildman–Crippen MR) is 97.0 cm³/mol. The molecule has 3 aromatic rings. The van der Waals surface area contributed by atoms with Crippen LogP contribution >= 0.6 is 0 Å². The average Bonchev–Trinajstić information content (AvgIpc) is 3.11. The van der Waals surface area contributed by atoms with Crippen LogP contribution in [0.1, 0.15) is 41.5 Å². The van der Waals surface area contributed by atoms with Crippen LogP contribution in [-0.2, 0) is 4.74 Å². The number of aromatic nitrogens is 3. The summed E-state index contributed by atoms with van der Waals surface area (Å²) in [6.07, 6.45) is 5.48. The van der Waals surface area contributed by atoms with E-state index >= 15 is 0 Å². The zero-order valence-electron chi connectivity index (χ0n) is 14.9. The first kappa shape index (κ1) is 16.9. The lowest BCUT2D eigenvalue weighted by Gasteiger charge is -2.13. The lowest BCUT2D eigenvalue weighted by Crippen LogP contribution is -2.06. The molecule has 5 heteroatoms. The molecule has 2 heterocycles. The molecule has 0 aliphatic carbocycles. The van der Waals surface area contributed by atoms with Gasteiger partial charge in [-0.3, -0.25) is 4.98 Å². The number of carbonyl (C=O) groups is 1. The minimum Gasteiger partial charge on any atom is -0.465 e. The van der Waals surface area contributed by atoms with E-state index in [4.69, 9.17) is 4.74 Å². The number of hydrogen-bond donors (Lipinski definition) is 0. The highest BCUT2D eigenvalue weighted by atomic mass is 16.5. The second-order valence-electron chi connectivity index (χ2n) is 6.29. The standard InChI is InChI=1S/C20H21N3O2/c1-13(2)19-21-7-8-23(19)17-10-15(9-16(11-17)20(24)25-4)18-6-5-14(3)12-22-18/h5-13H,1-4H3. The number of imidazole rings is 1. The molecule has 0 saturated heterocycles. The van der Waals surface area contributed by atoms with E-state index in [1.54, 1.807) is 12.3 Å². The molecule has 0 radical (unpaired) electrons. The Balaban J connectivity index is 2.18. The quantitative estimate of drug-likeness (QED) is 0.672. The maximum atomic E-state index is 12.1. The van der Waals surface area contributed by atoms with Crippen LogP contribution < -0.4 is 0 Å². The SMILES string of the molecule is COC(=O)c1cc(-c2ccc(C)cn2)cc(-n2ccnc2C(C)C)c1. The van der Waals surface area contributed by atoms with Gasteiger partial charge in [0.15, 0.2) is 0 Å². The molecular formula is C20H21N3O2. The Morgan fingerprint density at radius 1 is 1.16 bits per heavy atom. The molecule has 25 heavy (non-hydrogen) atoms. The van der Waals surface area contributed by atoms with Crippen LogP contribution in [0.2, 0.25) is 0 Å². The summed E-state index contributed by atoms with van der Waals surface area (Å²) in [7, 11) is 1.38. The van der Waals surface area contributed by atoms with Gasteiger partial charge >= 0.3 is 5.97 Å². The summed E-state index contributed by atoms with van der Waals surface area (Å²) in [5.74, 6) is 0.823. The first-order valence-corrected chi connectivity index (χ1v) is 8.19. The van der Waals surface area contributed by atoms with E-state index in [9.17, 15) is 4.79 Å². The summed E-state index contributed by atoms with van der Waals surface area (Å²) in [5, 5.41) is 0. The van der Waals surface area contributed by atoms with Gasteiger partial charge in [0.1, 0.15) is 5.82 Å². The minimum atomic E-state index is -0.374. The molecule has 0 bridgehead atoms. The summed E-state index contributed by atoms with van der Waals surface area (Å²) < 4.78 is 6.91. The van der Waals surface area contributed by atoms with Crippen LogP contribution in [0.15, 0.2) is 48.9 Å². The largest absolute Gasteiger partial charge is 0.465 e. The Hall–Kier alpha value is -2.95. The van der Waals surface area contributed by atoms with Gasteiger partial charge in [-0.15, -0.1) is 0 Å². The molecule has 1 aromatic carbocycles. The van der Waals surface area contributed by atoms with E-state index in [0.717, 1.165) is 28.3 Å². The molecule has 2 aromatic heterocycles. The number of rotatable bonds is 4. The van der Waals surface area contributed by atoms with Gasteiger partial charge in [-0.05, 0) is 36.8 Å². The van der Waals surface area contributed by atoms with Crippen molar-refractivity contribution in [3.05, 3.63) is 65.9 Å². The molecule has 0 amide bonds. The molecular weight excluding hydrogens is 314 g/mol. The molecule has 0 unspecified atom stereocenters. The number of esters is 1. The number of ether oxygens (including phenoxy) is 1. The van der Waals surface area contributed by atoms with Gasteiger partial charge < -0.3 is 9.30 Å². The number of methoxy groups -OCH3 is 1. The predicted octanol–water partition coefficient (Wildman–Crippen LogP) is 4.15. The van der Waals surface area contributed by atoms with E-state index in [-0.39, 0.29) is 11.9 Å². The number of aryl methyl sites for hydroxylation is 1. The Labute approximate surface area is 147 Å². The van der Waals surface area contributed by atoms with Crippen LogP contribution in [0.5, 0.6) is 0 Å². The zero-order chi connectivity index (χ0) is 18.0. The molecule has 0 saturated carbocycles. The molecule has 128 valence electrons. The Morgan fingerprint density at radius 3 is 2.60 bits per heavy atom. The Morgan fingerprint density at radius 2 is 1.96 bits per heavy atom. The lowest BCUT2D eigenvalue weighted by atomic mass is 10.0. The summed E-state index contributed by atoms with van der Waals surface area (Å²) in [6.45, 7) is 6.17. The minimum absolute atomic E-state index is 0.262. The van der Waals surface area contributed by atoms with Crippen LogP contribution in [0, 0.1) is 6.92 Å². The lowest BCUT2D eigenvalue weighted by molar-refractivity contribution is 0.0600. The van der Waals surface area contributed by atoms with Gasteiger partial charge in [0.25, 0.3) is 0 Å². The first-order chi connectivity index (χ1) is 12.0. The van der Waals surface area contributed by atoms with E-state index in [2.05, 4.69) is 23.8 Å². The van der Waals surface area contributed by atoms with Crippen molar-refractivity contribution >= 4 is 5.97 Å². The van der Waals surface area contributed by atoms with Crippen molar-refractivity contribution in [2.75, 3.05) is 7.11 Å². The molecule has 3 rings (SSSR count). The zero-order valence-corrected chi connectivity index (χ0v) is 14.9. The third-order valence-corrected chi connectivity index (χ3v) is 4.01. The Kier molecular flexibility index (Phi) is 4.65. The third kappa shape index (κ3) is 3.45. The van der Waals surface area contributed by atoms with Gasteiger partial charge in [-0.25, -0.2) is 9.78 Å². The van der Waals surface area contributed by atoms with Crippen LogP contribution in [-0.4, -0.2) is 27.6 Å². The topological polar surface area (TPSA) is 57.0 Å². The second-order valence-corrected chi connectivity index (χ2v) is 6.29. The van der Waals surface area contributed by atoms with Crippen molar-refractivity contribution in [2.24, 2.45) is 0 Å². The molecule has 0 atom stereocenters. The van der Waals surface area contributed by atoms with Crippen molar-refractivity contribution in [1.29, 1.82) is 0 Å². The highest BCUT2D eigenvalue weighted by Crippen LogP contribution is 2.26. The smallest absolute Gasteiger partial charge is 0.337 e. The number of nitrogens with zero attached hydrogens (tertiary/aromatic N) is 3. The number of carbonyl (C=O) groups excluding carboxylic acids is 1. The molecule has 0 fully saturated rings. The van der Waals surface area contributed by atoms with Gasteiger partial charge in [0, 0.05) is 35.8 Å². The monoisotopic (exact) mass is 335 g/mol. The summed E-state index contributed by atoms with van der Waals surface area (Å²) in [4.78, 5) is 21.0. The van der Waals surface area contributed by atoms with Crippen LogP contribution in [0.25, 0.3) is 16.9 Å². The summed E-state index contributed by atoms with van der Waals surface area (Å²) >= 11 is 0. The highest BCUT2D eigenvalue weighted by Gasteiger charge is 2.14. The van der Waals surface area contributed by atoms with Gasteiger partial charge in [-0.2, -0.15) is 0 Å². The molecule has 0 spiro atoms. The van der Waals surface area contributed by atoms with Crippen LogP contribution in [0.3, 0.4) is 0 Å². The van der Waals surface area contributed by atoms with Crippen molar-refractivity contribution in [2.45, 2.75) is 26.7 Å². The first-order valence-electron chi connectivity index (χ1n) is 8.19. The van der Waals surface area contributed by atoms with Crippen molar-refractivity contribution < 1.29 is 9.53 Å². The third-order valence-electron chi connectivity index (χ3n) is 4.01. The fourth-order valence-electron chi connectivity index (χ4n) is 2.73. The van der Waals surface area contributed by atoms with Crippen molar-refractivity contribution in [3.8, 4) is 16.9 Å². The molecule has 0 aliphatic heterocycles.